The minimum Gasteiger partial charge on any atom is -0.481 e. The third-order valence-electron chi connectivity index (χ3n) is 4.65. The van der Waals surface area contributed by atoms with Crippen molar-refractivity contribution in [3.05, 3.63) is 22.9 Å². The molecule has 25 heavy (non-hydrogen) atoms. The molecule has 1 aliphatic rings. The molecule has 2 rings (SSSR count). The van der Waals surface area contributed by atoms with E-state index in [0.29, 0.717) is 19.0 Å². The van der Waals surface area contributed by atoms with E-state index >= 15 is 0 Å². The largest absolute Gasteiger partial charge is 0.481 e. The van der Waals surface area contributed by atoms with Crippen molar-refractivity contribution in [1.82, 2.24) is 14.8 Å². The monoisotopic (exact) mass is 349 g/mol. The highest BCUT2D eigenvalue weighted by atomic mass is 16.5. The van der Waals surface area contributed by atoms with Crippen LogP contribution < -0.4 is 4.74 Å². The molecule has 0 bridgehead atoms. The molecule has 138 valence electrons. The second kappa shape index (κ2) is 8.29. The lowest BCUT2D eigenvalue weighted by atomic mass is 10.1. The Balaban J connectivity index is 2.20. The first-order valence-electron chi connectivity index (χ1n) is 8.55. The lowest BCUT2D eigenvalue weighted by molar-refractivity contribution is -0.146. The molecule has 1 N–H and O–H groups in total. The van der Waals surface area contributed by atoms with E-state index in [0.717, 1.165) is 36.1 Å². The van der Waals surface area contributed by atoms with Crippen molar-refractivity contribution >= 4 is 11.9 Å². The number of carbonyl (C=O) groups excluding carboxylic acids is 1. The van der Waals surface area contributed by atoms with Gasteiger partial charge in [0.05, 0.1) is 13.2 Å². The van der Waals surface area contributed by atoms with E-state index in [2.05, 4.69) is 4.98 Å². The number of amides is 1. The van der Waals surface area contributed by atoms with Crippen LogP contribution in [0, 0.1) is 13.8 Å². The number of aliphatic carboxylic acids is 1. The smallest absolute Gasteiger partial charge is 0.323 e. The SMILES string of the molecule is COc1nc(C)cc(C)c1CN(C)C1CCCCN(CC(=O)O)C1=O. The Hall–Kier alpha value is -2.15. The summed E-state index contributed by atoms with van der Waals surface area (Å²) < 4.78 is 5.41. The molecule has 1 aliphatic heterocycles. The van der Waals surface area contributed by atoms with E-state index in [1.165, 1.54) is 4.90 Å². The summed E-state index contributed by atoms with van der Waals surface area (Å²) in [7, 11) is 3.49. The number of aryl methyl sites for hydroxylation is 2. The Bertz CT molecular complexity index is 647. The van der Waals surface area contributed by atoms with E-state index < -0.39 is 5.97 Å². The summed E-state index contributed by atoms with van der Waals surface area (Å²) in [6.45, 7) is 4.72. The Kier molecular flexibility index (Phi) is 6.36. The fourth-order valence-corrected chi connectivity index (χ4v) is 3.36. The maximum Gasteiger partial charge on any atom is 0.323 e. The number of aromatic nitrogens is 1. The van der Waals surface area contributed by atoms with Crippen LogP contribution in [0.4, 0.5) is 0 Å². The number of hydrogen-bond acceptors (Lipinski definition) is 5. The molecule has 0 aromatic carbocycles. The number of nitrogens with zero attached hydrogens (tertiary/aromatic N) is 3. The quantitative estimate of drug-likeness (QED) is 0.840. The number of methoxy groups -OCH3 is 1. The van der Waals surface area contributed by atoms with E-state index in [-0.39, 0.29) is 18.5 Å². The van der Waals surface area contributed by atoms with Crippen molar-refractivity contribution in [3.8, 4) is 5.88 Å². The second-order valence-electron chi connectivity index (χ2n) is 6.65. The van der Waals surface area contributed by atoms with Crippen LogP contribution in [-0.4, -0.2) is 65.1 Å². The van der Waals surface area contributed by atoms with Gasteiger partial charge in [-0.15, -0.1) is 0 Å². The Morgan fingerprint density at radius 2 is 2.16 bits per heavy atom. The summed E-state index contributed by atoms with van der Waals surface area (Å²) in [4.78, 5) is 31.7. The first-order valence-corrected chi connectivity index (χ1v) is 8.55. The molecule has 0 spiro atoms. The van der Waals surface area contributed by atoms with Gasteiger partial charge in [-0.3, -0.25) is 14.5 Å². The van der Waals surface area contributed by atoms with Gasteiger partial charge in [0.25, 0.3) is 0 Å². The van der Waals surface area contributed by atoms with Crippen LogP contribution in [0.5, 0.6) is 5.88 Å². The molecule has 1 saturated heterocycles. The van der Waals surface area contributed by atoms with Crippen molar-refractivity contribution in [2.24, 2.45) is 0 Å². The summed E-state index contributed by atoms with van der Waals surface area (Å²) in [5.41, 5.74) is 2.91. The van der Waals surface area contributed by atoms with Crippen molar-refractivity contribution in [1.29, 1.82) is 0 Å². The van der Waals surface area contributed by atoms with Gasteiger partial charge in [0.2, 0.25) is 11.8 Å². The van der Waals surface area contributed by atoms with Crippen LogP contribution in [-0.2, 0) is 16.1 Å². The number of hydrogen-bond donors (Lipinski definition) is 1. The number of likely N-dealkylation sites (N-methyl/N-ethyl adjacent to an activating group) is 1. The molecule has 1 aromatic rings. The van der Waals surface area contributed by atoms with Gasteiger partial charge in [-0.05, 0) is 51.8 Å². The Morgan fingerprint density at radius 1 is 1.44 bits per heavy atom. The van der Waals surface area contributed by atoms with Gasteiger partial charge < -0.3 is 14.7 Å². The summed E-state index contributed by atoms with van der Waals surface area (Å²) in [6, 6.07) is 1.67. The molecule has 0 aliphatic carbocycles. The Morgan fingerprint density at radius 3 is 2.80 bits per heavy atom. The number of pyridine rings is 1. The molecule has 2 heterocycles. The summed E-state index contributed by atoms with van der Waals surface area (Å²) >= 11 is 0. The number of rotatable bonds is 6. The summed E-state index contributed by atoms with van der Waals surface area (Å²) in [6.07, 6.45) is 2.46. The third-order valence-corrected chi connectivity index (χ3v) is 4.65. The fourth-order valence-electron chi connectivity index (χ4n) is 3.36. The van der Waals surface area contributed by atoms with E-state index in [4.69, 9.17) is 9.84 Å². The lowest BCUT2D eigenvalue weighted by Gasteiger charge is -2.30. The van der Waals surface area contributed by atoms with Crippen LogP contribution in [0.25, 0.3) is 0 Å². The van der Waals surface area contributed by atoms with Crippen molar-refractivity contribution in [3.63, 3.8) is 0 Å². The van der Waals surface area contributed by atoms with Crippen molar-refractivity contribution < 1.29 is 19.4 Å². The summed E-state index contributed by atoms with van der Waals surface area (Å²) in [5.74, 6) is -0.510. The van der Waals surface area contributed by atoms with Crippen LogP contribution in [0.15, 0.2) is 6.07 Å². The van der Waals surface area contributed by atoms with Crippen LogP contribution in [0.2, 0.25) is 0 Å². The number of carboxylic acid groups (broad SMARTS) is 1. The van der Waals surface area contributed by atoms with Gasteiger partial charge in [0.1, 0.15) is 6.54 Å². The Labute approximate surface area is 148 Å². The number of carbonyl (C=O) groups is 2. The average Bonchev–Trinajstić information content (AvgIpc) is 2.71. The zero-order valence-corrected chi connectivity index (χ0v) is 15.4. The standard InChI is InChI=1S/C18H27N3O4/c1-12-9-13(2)19-17(25-4)14(12)10-20(3)15-7-5-6-8-21(18(15)24)11-16(22)23/h9,15H,5-8,10-11H2,1-4H3,(H,22,23). The molecule has 1 unspecified atom stereocenters. The van der Waals surface area contributed by atoms with E-state index in [9.17, 15) is 9.59 Å². The van der Waals surface area contributed by atoms with Gasteiger partial charge in [-0.2, -0.15) is 0 Å². The first-order chi connectivity index (χ1) is 11.8. The van der Waals surface area contributed by atoms with Gasteiger partial charge >= 0.3 is 5.97 Å². The number of carboxylic acids is 1. The molecule has 7 heteroatoms. The van der Waals surface area contributed by atoms with Gasteiger partial charge in [-0.1, -0.05) is 0 Å². The highest BCUT2D eigenvalue weighted by molar-refractivity contribution is 5.85. The molecule has 0 radical (unpaired) electrons. The van der Waals surface area contributed by atoms with E-state index in [1.54, 1.807) is 7.11 Å². The zero-order chi connectivity index (χ0) is 18.6. The normalized spacial score (nSPS) is 18.4. The summed E-state index contributed by atoms with van der Waals surface area (Å²) in [5, 5.41) is 9.03. The van der Waals surface area contributed by atoms with Gasteiger partial charge in [0, 0.05) is 24.3 Å². The first kappa shape index (κ1) is 19.2. The average molecular weight is 349 g/mol. The van der Waals surface area contributed by atoms with Crippen molar-refractivity contribution in [2.45, 2.75) is 45.7 Å². The van der Waals surface area contributed by atoms with E-state index in [1.807, 2.05) is 31.9 Å². The molecule has 0 saturated carbocycles. The maximum absolute atomic E-state index is 12.8. The molecule has 7 nitrogen and oxygen atoms in total. The van der Waals surface area contributed by atoms with Crippen LogP contribution >= 0.6 is 0 Å². The number of likely N-dealkylation sites (tertiary alicyclic amines) is 1. The molecule has 1 fully saturated rings. The fraction of sp³-hybridized carbons (Fsp3) is 0.611. The molecule has 1 aromatic heterocycles. The van der Waals surface area contributed by atoms with Gasteiger partial charge in [-0.25, -0.2) is 4.98 Å². The lowest BCUT2D eigenvalue weighted by Crippen LogP contribution is -2.47. The molecule has 1 atom stereocenters. The third kappa shape index (κ3) is 4.69. The predicted octanol–water partition coefficient (Wildman–Crippen LogP) is 1.60. The van der Waals surface area contributed by atoms with Crippen LogP contribution in [0.3, 0.4) is 0 Å². The highest BCUT2D eigenvalue weighted by Gasteiger charge is 2.31. The molecular weight excluding hydrogens is 322 g/mol. The maximum atomic E-state index is 12.8. The minimum atomic E-state index is -0.975. The van der Waals surface area contributed by atoms with Crippen LogP contribution in [0.1, 0.15) is 36.1 Å². The molecular formula is C18H27N3O4. The van der Waals surface area contributed by atoms with Crippen molar-refractivity contribution in [2.75, 3.05) is 27.2 Å². The number of ether oxygens (including phenoxy) is 1. The minimum absolute atomic E-state index is 0.112. The van der Waals surface area contributed by atoms with Gasteiger partial charge in [0.15, 0.2) is 0 Å². The highest BCUT2D eigenvalue weighted by Crippen LogP contribution is 2.25. The zero-order valence-electron chi connectivity index (χ0n) is 15.4. The topological polar surface area (TPSA) is 83.0 Å². The predicted molar refractivity (Wildman–Crippen MR) is 93.6 cm³/mol. The molecule has 1 amide bonds. The second-order valence-corrected chi connectivity index (χ2v) is 6.65.